The van der Waals surface area contributed by atoms with Gasteiger partial charge in [0.15, 0.2) is 0 Å². The number of rotatable bonds is 5. The van der Waals surface area contributed by atoms with E-state index in [1.807, 2.05) is 0 Å². The first kappa shape index (κ1) is 17.2. The Balaban J connectivity index is 1.98. The zero-order valence-corrected chi connectivity index (χ0v) is 14.4. The van der Waals surface area contributed by atoms with Crippen molar-refractivity contribution >= 4 is 28.6 Å². The number of nitrogens with two attached hydrogens (primary N) is 2. The Hall–Kier alpha value is -1.61. The highest BCUT2D eigenvalue weighted by Gasteiger charge is 2.61. The third-order valence-corrected chi connectivity index (χ3v) is 5.42. The molecule has 132 valence electrons. The van der Waals surface area contributed by atoms with Crippen LogP contribution in [0.25, 0.3) is 4.91 Å². The molecule has 9 heteroatoms. The molecule has 24 heavy (non-hydrogen) atoms. The van der Waals surface area contributed by atoms with Gasteiger partial charge in [-0.25, -0.2) is 8.78 Å². The lowest BCUT2D eigenvalue weighted by molar-refractivity contribution is -0.119. The van der Waals surface area contributed by atoms with Crippen molar-refractivity contribution in [2.75, 3.05) is 5.32 Å². The Bertz CT molecular complexity index is 707. The van der Waals surface area contributed by atoms with Crippen molar-refractivity contribution in [1.82, 2.24) is 9.78 Å². The molecular weight excluding hydrogens is 336 g/mol. The Morgan fingerprint density at radius 3 is 2.50 bits per heavy atom. The van der Waals surface area contributed by atoms with Gasteiger partial charge in [0, 0.05) is 24.7 Å². The lowest BCUT2D eigenvalue weighted by Crippen LogP contribution is -2.21. The Labute approximate surface area is 143 Å². The summed E-state index contributed by atoms with van der Waals surface area (Å²) in [6.45, 7) is 1.73. The quantitative estimate of drug-likeness (QED) is 0.703. The summed E-state index contributed by atoms with van der Waals surface area (Å²) in [5.74, 6) is -4.11. The Morgan fingerprint density at radius 2 is 2.08 bits per heavy atom. The van der Waals surface area contributed by atoms with E-state index in [1.165, 1.54) is 4.68 Å². The first-order valence-electron chi connectivity index (χ1n) is 7.85. The number of aryl methyl sites for hydroxylation is 1. The molecule has 1 amide bonds. The fourth-order valence-corrected chi connectivity index (χ4v) is 3.43. The number of allylic oxidation sites excluding steroid dienone is 1. The largest absolute Gasteiger partial charge is 0.401 e. The number of nitrogens with one attached hydrogen (secondary N) is 1. The molecule has 5 N–H and O–H groups in total. The third kappa shape index (κ3) is 2.90. The number of amides is 1. The van der Waals surface area contributed by atoms with Gasteiger partial charge >= 0.3 is 0 Å². The molecule has 0 aliphatic heterocycles. The minimum absolute atomic E-state index is 0.227. The molecule has 2 saturated carbocycles. The van der Waals surface area contributed by atoms with Gasteiger partial charge in [-0.3, -0.25) is 14.6 Å². The molecular formula is C15H21F2N5OS. The van der Waals surface area contributed by atoms with Gasteiger partial charge in [0.1, 0.15) is 17.4 Å². The van der Waals surface area contributed by atoms with E-state index in [-0.39, 0.29) is 5.92 Å². The van der Waals surface area contributed by atoms with Gasteiger partial charge in [-0.2, -0.15) is 5.10 Å². The van der Waals surface area contributed by atoms with Crippen LogP contribution >= 0.6 is 11.9 Å². The molecule has 2 fully saturated rings. The van der Waals surface area contributed by atoms with E-state index in [0.29, 0.717) is 22.1 Å². The SMILES string of the molecule is C/C(N)=C(/SN)c1nn(C)c(NC(=O)C2CC2(F)F)c1C1CCC1. The minimum Gasteiger partial charge on any atom is -0.401 e. The monoisotopic (exact) mass is 357 g/mol. The van der Waals surface area contributed by atoms with E-state index in [2.05, 4.69) is 10.4 Å². The molecule has 0 spiro atoms. The molecule has 1 unspecified atom stereocenters. The lowest BCUT2D eigenvalue weighted by atomic mass is 9.79. The van der Waals surface area contributed by atoms with Crippen LogP contribution in [0.2, 0.25) is 0 Å². The second-order valence-electron chi connectivity index (χ2n) is 6.50. The molecule has 0 saturated heterocycles. The summed E-state index contributed by atoms with van der Waals surface area (Å²) in [4.78, 5) is 12.8. The summed E-state index contributed by atoms with van der Waals surface area (Å²) >= 11 is 1.00. The minimum atomic E-state index is -2.89. The summed E-state index contributed by atoms with van der Waals surface area (Å²) in [6, 6.07) is 0. The van der Waals surface area contributed by atoms with E-state index in [1.54, 1.807) is 14.0 Å². The predicted molar refractivity (Wildman–Crippen MR) is 90.0 cm³/mol. The highest BCUT2D eigenvalue weighted by atomic mass is 32.2. The van der Waals surface area contributed by atoms with Crippen LogP contribution in [-0.2, 0) is 11.8 Å². The van der Waals surface area contributed by atoms with Crippen LogP contribution in [-0.4, -0.2) is 21.6 Å². The van der Waals surface area contributed by atoms with Crippen LogP contribution in [0.3, 0.4) is 0 Å². The average molecular weight is 357 g/mol. The number of aromatic nitrogens is 2. The van der Waals surface area contributed by atoms with Gasteiger partial charge in [0.25, 0.3) is 5.92 Å². The molecule has 2 aliphatic rings. The van der Waals surface area contributed by atoms with E-state index < -0.39 is 24.2 Å². The number of carbonyl (C=O) groups excluding carboxylic acids is 1. The average Bonchev–Trinajstić information content (AvgIpc) is 2.98. The van der Waals surface area contributed by atoms with E-state index in [9.17, 15) is 13.6 Å². The number of anilines is 1. The molecule has 1 heterocycles. The van der Waals surface area contributed by atoms with Crippen LogP contribution < -0.4 is 16.2 Å². The first-order valence-corrected chi connectivity index (χ1v) is 8.73. The zero-order valence-electron chi connectivity index (χ0n) is 13.6. The lowest BCUT2D eigenvalue weighted by Gasteiger charge is -2.27. The number of nitrogens with zero attached hydrogens (tertiary/aromatic N) is 2. The first-order chi connectivity index (χ1) is 11.3. The molecule has 2 aliphatic carbocycles. The third-order valence-electron chi connectivity index (χ3n) is 4.67. The normalized spacial score (nSPS) is 23.5. The van der Waals surface area contributed by atoms with Gasteiger partial charge in [0.2, 0.25) is 5.91 Å². The summed E-state index contributed by atoms with van der Waals surface area (Å²) in [5, 5.41) is 12.8. The number of hydrogen-bond donors (Lipinski definition) is 3. The second kappa shape index (κ2) is 6.03. The number of alkyl halides is 2. The van der Waals surface area contributed by atoms with Crippen LogP contribution in [0.15, 0.2) is 5.70 Å². The zero-order chi connectivity index (χ0) is 17.6. The van der Waals surface area contributed by atoms with Crippen molar-refractivity contribution in [2.45, 2.75) is 44.4 Å². The van der Waals surface area contributed by atoms with Gasteiger partial charge < -0.3 is 11.1 Å². The van der Waals surface area contributed by atoms with Crippen molar-refractivity contribution in [1.29, 1.82) is 0 Å². The van der Waals surface area contributed by atoms with E-state index >= 15 is 0 Å². The fourth-order valence-electron chi connectivity index (χ4n) is 2.98. The molecule has 1 atom stereocenters. The maximum absolute atomic E-state index is 13.2. The maximum atomic E-state index is 13.2. The Morgan fingerprint density at radius 1 is 1.46 bits per heavy atom. The molecule has 0 bridgehead atoms. The van der Waals surface area contributed by atoms with Gasteiger partial charge in [-0.05, 0) is 37.6 Å². The topological polar surface area (TPSA) is 99.0 Å². The highest BCUT2D eigenvalue weighted by molar-refractivity contribution is 8.06. The predicted octanol–water partition coefficient (Wildman–Crippen LogP) is 2.54. The summed E-state index contributed by atoms with van der Waals surface area (Å²) < 4.78 is 27.8. The summed E-state index contributed by atoms with van der Waals surface area (Å²) in [7, 11) is 1.68. The molecule has 1 aromatic rings. The summed E-state index contributed by atoms with van der Waals surface area (Å²) in [5.41, 5.74) is 7.92. The van der Waals surface area contributed by atoms with Crippen LogP contribution in [0.1, 0.15) is 49.8 Å². The standard InChI is InChI=1S/C15H21F2N5OS/c1-7(18)12(24-19)11-10(8-4-3-5-8)13(22(2)21-11)20-14(23)9-6-15(9,16)17/h8-9H,3-6,18-19H2,1-2H3,(H,20,23)/b12-7-. The number of halogens is 2. The number of hydrogen-bond acceptors (Lipinski definition) is 5. The van der Waals surface area contributed by atoms with Crippen molar-refractivity contribution in [2.24, 2.45) is 23.8 Å². The molecule has 3 rings (SSSR count). The molecule has 0 radical (unpaired) electrons. The van der Waals surface area contributed by atoms with Crippen molar-refractivity contribution in [3.63, 3.8) is 0 Å². The van der Waals surface area contributed by atoms with Crippen molar-refractivity contribution in [3.8, 4) is 0 Å². The van der Waals surface area contributed by atoms with Gasteiger partial charge in [-0.15, -0.1) is 0 Å². The van der Waals surface area contributed by atoms with Gasteiger partial charge in [0.05, 0.1) is 4.91 Å². The smallest absolute Gasteiger partial charge is 0.260 e. The highest BCUT2D eigenvalue weighted by Crippen LogP contribution is 2.50. The molecule has 0 aromatic carbocycles. The van der Waals surface area contributed by atoms with Crippen molar-refractivity contribution < 1.29 is 13.6 Å². The van der Waals surface area contributed by atoms with Crippen LogP contribution in [0, 0.1) is 5.92 Å². The van der Waals surface area contributed by atoms with E-state index in [0.717, 1.165) is 36.8 Å². The molecule has 6 nitrogen and oxygen atoms in total. The number of carbonyl (C=O) groups is 1. The van der Waals surface area contributed by atoms with Crippen molar-refractivity contribution in [3.05, 3.63) is 17.0 Å². The summed E-state index contributed by atoms with van der Waals surface area (Å²) in [6.07, 6.45) is 2.62. The van der Waals surface area contributed by atoms with E-state index in [4.69, 9.17) is 10.9 Å². The fraction of sp³-hybridized carbons (Fsp3) is 0.600. The maximum Gasteiger partial charge on any atom is 0.260 e. The molecule has 1 aromatic heterocycles. The van der Waals surface area contributed by atoms with Crippen LogP contribution in [0.5, 0.6) is 0 Å². The second-order valence-corrected chi connectivity index (χ2v) is 7.14. The Kier molecular flexibility index (Phi) is 4.33. The van der Waals surface area contributed by atoms with Crippen LogP contribution in [0.4, 0.5) is 14.6 Å². The van der Waals surface area contributed by atoms with Gasteiger partial charge in [-0.1, -0.05) is 6.42 Å².